The molecule has 3 amide bonds. The third kappa shape index (κ3) is 4.94. The lowest BCUT2D eigenvalue weighted by Gasteiger charge is -2.35. The van der Waals surface area contributed by atoms with Gasteiger partial charge in [0.05, 0.1) is 6.54 Å². The van der Waals surface area contributed by atoms with Crippen LogP contribution in [0.4, 0.5) is 11.4 Å². The van der Waals surface area contributed by atoms with E-state index in [1.54, 1.807) is 24.3 Å². The number of nitrogens with zero attached hydrogens (tertiary/aromatic N) is 3. The first kappa shape index (κ1) is 21.1. The van der Waals surface area contributed by atoms with Gasteiger partial charge in [-0.25, -0.2) is 0 Å². The van der Waals surface area contributed by atoms with E-state index in [2.05, 4.69) is 22.0 Å². The quantitative estimate of drug-likeness (QED) is 0.728. The lowest BCUT2D eigenvalue weighted by molar-refractivity contribution is -0.139. The van der Waals surface area contributed by atoms with Crippen molar-refractivity contribution in [3.05, 3.63) is 59.7 Å². The van der Waals surface area contributed by atoms with Gasteiger partial charge < -0.3 is 15.1 Å². The Bertz CT molecular complexity index is 932. The molecular weight excluding hydrogens is 392 g/mol. The number of rotatable bonds is 6. The summed E-state index contributed by atoms with van der Waals surface area (Å²) in [5.41, 5.74) is 3.28. The number of likely N-dealkylation sites (N-methyl/N-ethyl adjacent to an activating group) is 1. The normalized spacial score (nSPS) is 17.3. The summed E-state index contributed by atoms with van der Waals surface area (Å²) >= 11 is 0. The maximum absolute atomic E-state index is 12.6. The van der Waals surface area contributed by atoms with Crippen molar-refractivity contribution in [2.45, 2.75) is 26.3 Å². The Morgan fingerprint density at radius 3 is 2.06 bits per heavy atom. The highest BCUT2D eigenvalue weighted by atomic mass is 16.2. The summed E-state index contributed by atoms with van der Waals surface area (Å²) in [5, 5.41) is 2.93. The molecule has 162 valence electrons. The highest BCUT2D eigenvalue weighted by Crippen LogP contribution is 2.21. The van der Waals surface area contributed by atoms with Crippen LogP contribution in [0, 0.1) is 0 Å². The molecule has 0 unspecified atom stereocenters. The van der Waals surface area contributed by atoms with E-state index in [0.717, 1.165) is 44.0 Å². The molecule has 0 radical (unpaired) electrons. The van der Waals surface area contributed by atoms with Gasteiger partial charge in [0, 0.05) is 56.0 Å². The second kappa shape index (κ2) is 9.31. The van der Waals surface area contributed by atoms with Gasteiger partial charge in [0.1, 0.15) is 0 Å². The molecule has 1 N–H and O–H groups in total. The van der Waals surface area contributed by atoms with Crippen LogP contribution >= 0.6 is 0 Å². The first-order valence-electron chi connectivity index (χ1n) is 10.8. The van der Waals surface area contributed by atoms with E-state index in [4.69, 9.17) is 0 Å². The minimum absolute atomic E-state index is 0.137. The molecule has 0 saturated carbocycles. The third-order valence-electron chi connectivity index (χ3n) is 6.02. The fourth-order valence-corrected chi connectivity index (χ4v) is 4.02. The predicted octanol–water partition coefficient (Wildman–Crippen LogP) is 2.73. The van der Waals surface area contributed by atoms with Gasteiger partial charge in [-0.15, -0.1) is 0 Å². The zero-order valence-electron chi connectivity index (χ0n) is 17.8. The molecule has 2 aromatic carbocycles. The molecule has 7 nitrogen and oxygen atoms in total. The standard InChI is InChI=1S/C24H28N4O3/c1-2-26-13-15-27(16-14-26)21-9-7-20(8-10-21)25-24(31)19-5-3-18(4-6-19)17-28-22(29)11-12-23(28)30/h3-10H,2,11-17H2,1H3,(H,25,31). The summed E-state index contributed by atoms with van der Waals surface area (Å²) in [6.07, 6.45) is 0.570. The van der Waals surface area contributed by atoms with Crippen LogP contribution in [0.5, 0.6) is 0 Å². The lowest BCUT2D eigenvalue weighted by Crippen LogP contribution is -2.46. The average molecular weight is 421 g/mol. The molecule has 0 aliphatic carbocycles. The van der Waals surface area contributed by atoms with Crippen LogP contribution in [0.1, 0.15) is 35.7 Å². The van der Waals surface area contributed by atoms with Gasteiger partial charge in [0.25, 0.3) is 5.91 Å². The largest absolute Gasteiger partial charge is 0.369 e. The van der Waals surface area contributed by atoms with Gasteiger partial charge in [-0.2, -0.15) is 0 Å². The van der Waals surface area contributed by atoms with Crippen molar-refractivity contribution in [1.29, 1.82) is 0 Å². The van der Waals surface area contributed by atoms with Crippen LogP contribution < -0.4 is 10.2 Å². The SMILES string of the molecule is CCN1CCN(c2ccc(NC(=O)c3ccc(CN4C(=O)CCC4=O)cc3)cc2)CC1. The van der Waals surface area contributed by atoms with Gasteiger partial charge in [-0.1, -0.05) is 19.1 Å². The second-order valence-electron chi connectivity index (χ2n) is 7.99. The van der Waals surface area contributed by atoms with E-state index in [9.17, 15) is 14.4 Å². The van der Waals surface area contributed by atoms with Gasteiger partial charge in [-0.05, 0) is 48.5 Å². The Kier molecular flexibility index (Phi) is 6.32. The number of anilines is 2. The van der Waals surface area contributed by atoms with E-state index in [0.29, 0.717) is 5.56 Å². The average Bonchev–Trinajstić information content (AvgIpc) is 3.12. The number of benzene rings is 2. The Balaban J connectivity index is 1.33. The summed E-state index contributed by atoms with van der Waals surface area (Å²) in [5.74, 6) is -0.464. The first-order valence-corrected chi connectivity index (χ1v) is 10.8. The molecular formula is C24H28N4O3. The van der Waals surface area contributed by atoms with Gasteiger partial charge in [0.15, 0.2) is 0 Å². The van der Waals surface area contributed by atoms with Crippen LogP contribution in [0.3, 0.4) is 0 Å². The van der Waals surface area contributed by atoms with E-state index in [1.807, 2.05) is 24.3 Å². The number of amides is 3. The number of carbonyl (C=O) groups excluding carboxylic acids is 3. The van der Waals surface area contributed by atoms with Gasteiger partial charge >= 0.3 is 0 Å². The number of piperazine rings is 1. The molecule has 2 heterocycles. The molecule has 7 heteroatoms. The molecule has 2 aliphatic heterocycles. The molecule has 2 aromatic rings. The molecule has 2 saturated heterocycles. The first-order chi connectivity index (χ1) is 15.0. The molecule has 0 bridgehead atoms. The minimum atomic E-state index is -0.191. The number of likely N-dealkylation sites (tertiary alicyclic amines) is 1. The summed E-state index contributed by atoms with van der Waals surface area (Å²) < 4.78 is 0. The van der Waals surface area contributed by atoms with Crippen molar-refractivity contribution in [3.8, 4) is 0 Å². The van der Waals surface area contributed by atoms with E-state index in [1.165, 1.54) is 10.6 Å². The van der Waals surface area contributed by atoms with Crippen LogP contribution in [-0.2, 0) is 16.1 Å². The number of imide groups is 1. The van der Waals surface area contributed by atoms with Crippen molar-refractivity contribution in [3.63, 3.8) is 0 Å². The number of carbonyl (C=O) groups is 3. The van der Waals surface area contributed by atoms with Gasteiger partial charge in [0.2, 0.25) is 11.8 Å². The molecule has 2 aliphatic rings. The molecule has 0 aromatic heterocycles. The third-order valence-corrected chi connectivity index (χ3v) is 6.02. The summed E-state index contributed by atoms with van der Waals surface area (Å²) in [6.45, 7) is 7.72. The van der Waals surface area contributed by atoms with Crippen LogP contribution in [0.25, 0.3) is 0 Å². The maximum atomic E-state index is 12.6. The number of nitrogens with one attached hydrogen (secondary N) is 1. The zero-order chi connectivity index (χ0) is 21.8. The van der Waals surface area contributed by atoms with Crippen molar-refractivity contribution in [2.24, 2.45) is 0 Å². The number of hydrogen-bond donors (Lipinski definition) is 1. The minimum Gasteiger partial charge on any atom is -0.369 e. The fourth-order valence-electron chi connectivity index (χ4n) is 4.02. The van der Waals surface area contributed by atoms with Crippen LogP contribution in [-0.4, -0.2) is 60.2 Å². The summed E-state index contributed by atoms with van der Waals surface area (Å²) in [4.78, 5) is 42.2. The molecule has 0 spiro atoms. The van der Waals surface area contributed by atoms with Crippen LogP contribution in [0.2, 0.25) is 0 Å². The predicted molar refractivity (Wildman–Crippen MR) is 120 cm³/mol. The summed E-state index contributed by atoms with van der Waals surface area (Å²) in [6, 6.07) is 15.0. The molecule has 31 heavy (non-hydrogen) atoms. The van der Waals surface area contributed by atoms with Crippen molar-refractivity contribution in [2.75, 3.05) is 42.9 Å². The molecule has 4 rings (SSSR count). The number of hydrogen-bond acceptors (Lipinski definition) is 5. The summed E-state index contributed by atoms with van der Waals surface area (Å²) in [7, 11) is 0. The smallest absolute Gasteiger partial charge is 0.255 e. The van der Waals surface area contributed by atoms with E-state index in [-0.39, 0.29) is 37.1 Å². The highest BCUT2D eigenvalue weighted by molar-refractivity contribution is 6.04. The van der Waals surface area contributed by atoms with Crippen molar-refractivity contribution >= 4 is 29.1 Å². The maximum Gasteiger partial charge on any atom is 0.255 e. The van der Waals surface area contributed by atoms with Crippen molar-refractivity contribution in [1.82, 2.24) is 9.80 Å². The van der Waals surface area contributed by atoms with E-state index >= 15 is 0 Å². The highest BCUT2D eigenvalue weighted by Gasteiger charge is 2.28. The van der Waals surface area contributed by atoms with Crippen molar-refractivity contribution < 1.29 is 14.4 Å². The lowest BCUT2D eigenvalue weighted by atomic mass is 10.1. The Morgan fingerprint density at radius 2 is 1.48 bits per heavy atom. The Morgan fingerprint density at radius 1 is 0.871 bits per heavy atom. The monoisotopic (exact) mass is 420 g/mol. The Hall–Kier alpha value is -3.19. The zero-order valence-corrected chi connectivity index (χ0v) is 17.8. The topological polar surface area (TPSA) is 73.0 Å². The van der Waals surface area contributed by atoms with E-state index < -0.39 is 0 Å². The molecule has 0 atom stereocenters. The fraction of sp³-hybridized carbons (Fsp3) is 0.375. The van der Waals surface area contributed by atoms with Crippen LogP contribution in [0.15, 0.2) is 48.5 Å². The second-order valence-corrected chi connectivity index (χ2v) is 7.99. The van der Waals surface area contributed by atoms with Gasteiger partial charge in [-0.3, -0.25) is 19.3 Å². The Labute approximate surface area is 182 Å². The molecule has 2 fully saturated rings.